The molecule has 1 heterocycles. The molecule has 0 atom stereocenters. The molecule has 0 aliphatic carbocycles. The summed E-state index contributed by atoms with van der Waals surface area (Å²) in [4.78, 5) is 4.15. The van der Waals surface area contributed by atoms with Crippen LogP contribution in [0.3, 0.4) is 0 Å². The second-order valence-corrected chi connectivity index (χ2v) is 4.07. The van der Waals surface area contributed by atoms with Crippen molar-refractivity contribution in [2.45, 2.75) is 6.42 Å². The molecule has 0 amide bonds. The number of ether oxygens (including phenoxy) is 1. The Balaban J connectivity index is 1.83. The van der Waals surface area contributed by atoms with E-state index in [1.165, 1.54) is 5.56 Å². The van der Waals surface area contributed by atoms with E-state index in [0.717, 1.165) is 24.5 Å². The Morgan fingerprint density at radius 2 is 2.00 bits per heavy atom. The zero-order valence-corrected chi connectivity index (χ0v) is 10.8. The molecule has 0 saturated carbocycles. The number of nitrogens with one attached hydrogen (secondary N) is 1. The van der Waals surface area contributed by atoms with Gasteiger partial charge in [0.2, 0.25) is 0 Å². The lowest BCUT2D eigenvalue weighted by molar-refractivity contribution is 0.414. The SMILES string of the molecule is COc1ccc(CCNc2ccc(C#N)cn2)cc1. The second-order valence-electron chi connectivity index (χ2n) is 4.07. The molecule has 2 rings (SSSR count). The first kappa shape index (κ1) is 12.9. The first-order valence-electron chi connectivity index (χ1n) is 6.05. The van der Waals surface area contributed by atoms with Crippen molar-refractivity contribution < 1.29 is 4.74 Å². The molecule has 1 N–H and O–H groups in total. The van der Waals surface area contributed by atoms with Crippen molar-refractivity contribution in [1.82, 2.24) is 4.98 Å². The highest BCUT2D eigenvalue weighted by atomic mass is 16.5. The average Bonchev–Trinajstić information content (AvgIpc) is 2.49. The molecule has 0 unspecified atom stereocenters. The molecule has 0 radical (unpaired) electrons. The smallest absolute Gasteiger partial charge is 0.125 e. The molecular formula is C15H15N3O. The normalized spacial score (nSPS) is 9.68. The van der Waals surface area contributed by atoms with Gasteiger partial charge in [-0.3, -0.25) is 0 Å². The van der Waals surface area contributed by atoms with E-state index in [1.807, 2.05) is 36.4 Å². The number of nitriles is 1. The highest BCUT2D eigenvalue weighted by Crippen LogP contribution is 2.12. The zero-order chi connectivity index (χ0) is 13.5. The van der Waals surface area contributed by atoms with Crippen molar-refractivity contribution in [3.63, 3.8) is 0 Å². The Morgan fingerprint density at radius 1 is 1.21 bits per heavy atom. The molecule has 1 aromatic carbocycles. The number of aromatic nitrogens is 1. The largest absolute Gasteiger partial charge is 0.497 e. The van der Waals surface area contributed by atoms with Crippen LogP contribution in [0.1, 0.15) is 11.1 Å². The Morgan fingerprint density at radius 3 is 2.58 bits per heavy atom. The van der Waals surface area contributed by atoms with Gasteiger partial charge in [0.15, 0.2) is 0 Å². The van der Waals surface area contributed by atoms with Crippen molar-refractivity contribution in [3.8, 4) is 11.8 Å². The number of anilines is 1. The minimum atomic E-state index is 0.570. The van der Waals surface area contributed by atoms with Crippen molar-refractivity contribution in [3.05, 3.63) is 53.7 Å². The van der Waals surface area contributed by atoms with E-state index >= 15 is 0 Å². The Labute approximate surface area is 112 Å². The van der Waals surface area contributed by atoms with Gasteiger partial charge in [0, 0.05) is 12.7 Å². The van der Waals surface area contributed by atoms with Gasteiger partial charge in [0.05, 0.1) is 12.7 Å². The van der Waals surface area contributed by atoms with Crippen LogP contribution >= 0.6 is 0 Å². The quantitative estimate of drug-likeness (QED) is 0.889. The Hall–Kier alpha value is -2.54. The number of methoxy groups -OCH3 is 1. The summed E-state index contributed by atoms with van der Waals surface area (Å²) in [6, 6.07) is 13.6. The van der Waals surface area contributed by atoms with Crippen LogP contribution in [0.2, 0.25) is 0 Å². The predicted octanol–water partition coefficient (Wildman–Crippen LogP) is 2.62. The molecule has 0 aliphatic rings. The van der Waals surface area contributed by atoms with Crippen LogP contribution < -0.4 is 10.1 Å². The Bertz CT molecular complexity index is 555. The average molecular weight is 253 g/mol. The highest BCUT2D eigenvalue weighted by molar-refractivity contribution is 5.39. The van der Waals surface area contributed by atoms with Crippen LogP contribution in [-0.4, -0.2) is 18.6 Å². The molecular weight excluding hydrogens is 238 g/mol. The van der Waals surface area contributed by atoms with E-state index in [0.29, 0.717) is 5.56 Å². The fraction of sp³-hybridized carbons (Fsp3) is 0.200. The summed E-state index contributed by atoms with van der Waals surface area (Å²) < 4.78 is 5.11. The number of benzene rings is 1. The lowest BCUT2D eigenvalue weighted by atomic mass is 10.1. The first-order chi connectivity index (χ1) is 9.31. The van der Waals surface area contributed by atoms with Gasteiger partial charge < -0.3 is 10.1 Å². The van der Waals surface area contributed by atoms with Gasteiger partial charge in [-0.15, -0.1) is 0 Å². The summed E-state index contributed by atoms with van der Waals surface area (Å²) in [6.45, 7) is 0.797. The highest BCUT2D eigenvalue weighted by Gasteiger charge is 1.97. The summed E-state index contributed by atoms with van der Waals surface area (Å²) >= 11 is 0. The van der Waals surface area contributed by atoms with E-state index in [1.54, 1.807) is 19.4 Å². The molecule has 4 nitrogen and oxygen atoms in total. The molecule has 0 fully saturated rings. The molecule has 0 spiro atoms. The third-order valence-electron chi connectivity index (χ3n) is 2.77. The summed E-state index contributed by atoms with van der Waals surface area (Å²) in [5.74, 6) is 1.65. The maximum atomic E-state index is 8.68. The predicted molar refractivity (Wildman–Crippen MR) is 74.1 cm³/mol. The maximum absolute atomic E-state index is 8.68. The van der Waals surface area contributed by atoms with Crippen LogP contribution in [0.5, 0.6) is 5.75 Å². The van der Waals surface area contributed by atoms with E-state index in [9.17, 15) is 0 Å². The fourth-order valence-electron chi connectivity index (χ4n) is 1.69. The third-order valence-corrected chi connectivity index (χ3v) is 2.77. The molecule has 0 bridgehead atoms. The minimum absolute atomic E-state index is 0.570. The number of hydrogen-bond acceptors (Lipinski definition) is 4. The van der Waals surface area contributed by atoms with Gasteiger partial charge in [-0.05, 0) is 36.2 Å². The van der Waals surface area contributed by atoms with Gasteiger partial charge in [-0.1, -0.05) is 12.1 Å². The van der Waals surface area contributed by atoms with Gasteiger partial charge in [-0.25, -0.2) is 4.98 Å². The van der Waals surface area contributed by atoms with Gasteiger partial charge in [0.25, 0.3) is 0 Å². The van der Waals surface area contributed by atoms with Gasteiger partial charge in [0.1, 0.15) is 17.6 Å². The molecule has 0 saturated heterocycles. The first-order valence-corrected chi connectivity index (χ1v) is 6.05. The van der Waals surface area contributed by atoms with Crippen LogP contribution in [0.4, 0.5) is 5.82 Å². The van der Waals surface area contributed by atoms with Crippen LogP contribution in [-0.2, 0) is 6.42 Å². The molecule has 1 aromatic heterocycles. The third kappa shape index (κ3) is 3.71. The minimum Gasteiger partial charge on any atom is -0.497 e. The molecule has 4 heteroatoms. The van der Waals surface area contributed by atoms with Crippen molar-refractivity contribution in [2.24, 2.45) is 0 Å². The zero-order valence-electron chi connectivity index (χ0n) is 10.8. The number of nitrogens with zero attached hydrogens (tertiary/aromatic N) is 2. The van der Waals surface area contributed by atoms with Crippen molar-refractivity contribution in [1.29, 1.82) is 5.26 Å². The number of hydrogen-bond donors (Lipinski definition) is 1. The van der Waals surface area contributed by atoms with E-state index in [2.05, 4.69) is 10.3 Å². The van der Waals surface area contributed by atoms with Gasteiger partial charge >= 0.3 is 0 Å². The number of rotatable bonds is 5. The van der Waals surface area contributed by atoms with Crippen LogP contribution in [0.25, 0.3) is 0 Å². The molecule has 2 aromatic rings. The maximum Gasteiger partial charge on any atom is 0.125 e. The summed E-state index contributed by atoms with van der Waals surface area (Å²) in [5.41, 5.74) is 1.81. The lowest BCUT2D eigenvalue weighted by Gasteiger charge is -2.06. The summed E-state index contributed by atoms with van der Waals surface area (Å²) in [6.07, 6.45) is 2.47. The fourth-order valence-corrected chi connectivity index (χ4v) is 1.69. The van der Waals surface area contributed by atoms with E-state index in [-0.39, 0.29) is 0 Å². The van der Waals surface area contributed by atoms with Crippen molar-refractivity contribution >= 4 is 5.82 Å². The molecule has 19 heavy (non-hydrogen) atoms. The molecule has 0 aliphatic heterocycles. The van der Waals surface area contributed by atoms with Gasteiger partial charge in [-0.2, -0.15) is 5.26 Å². The van der Waals surface area contributed by atoms with Crippen LogP contribution in [0.15, 0.2) is 42.6 Å². The number of pyridine rings is 1. The Kier molecular flexibility index (Phi) is 4.35. The summed E-state index contributed by atoms with van der Waals surface area (Å²) in [5, 5.41) is 11.9. The van der Waals surface area contributed by atoms with E-state index < -0.39 is 0 Å². The molecule has 96 valence electrons. The second kappa shape index (κ2) is 6.41. The summed E-state index contributed by atoms with van der Waals surface area (Å²) in [7, 11) is 1.66. The monoisotopic (exact) mass is 253 g/mol. The standard InChI is InChI=1S/C15H15N3O/c1-19-14-5-2-12(3-6-14)8-9-17-15-7-4-13(10-16)11-18-15/h2-7,11H,8-9H2,1H3,(H,17,18). The van der Waals surface area contributed by atoms with Crippen LogP contribution in [0, 0.1) is 11.3 Å². The lowest BCUT2D eigenvalue weighted by Crippen LogP contribution is -2.06. The van der Waals surface area contributed by atoms with Crippen molar-refractivity contribution in [2.75, 3.05) is 19.0 Å². The topological polar surface area (TPSA) is 57.9 Å². The van der Waals surface area contributed by atoms with E-state index in [4.69, 9.17) is 10.00 Å².